The quantitative estimate of drug-likeness (QED) is 0.848. The normalized spacial score (nSPS) is 18.2. The van der Waals surface area contributed by atoms with Crippen LogP contribution in [0.1, 0.15) is 41.9 Å². The Hall–Kier alpha value is -2.10. The van der Waals surface area contributed by atoms with Crippen LogP contribution < -0.4 is 4.74 Å². The topological polar surface area (TPSA) is 44.1 Å². The lowest BCUT2D eigenvalue weighted by Crippen LogP contribution is -2.20. The molecule has 0 saturated heterocycles. The molecule has 1 aliphatic rings. The van der Waals surface area contributed by atoms with E-state index < -0.39 is 0 Å². The molecule has 4 nitrogen and oxygen atoms in total. The summed E-state index contributed by atoms with van der Waals surface area (Å²) in [6.45, 7) is 2.55. The minimum absolute atomic E-state index is 0.153. The van der Waals surface area contributed by atoms with E-state index in [4.69, 9.17) is 4.74 Å². The summed E-state index contributed by atoms with van der Waals surface area (Å²) in [4.78, 5) is 11.8. The zero-order valence-electron chi connectivity index (χ0n) is 10.9. The molecule has 1 atom stereocenters. The number of fused-ring (bicyclic) bond motifs is 1. The fourth-order valence-corrected chi connectivity index (χ4v) is 2.31. The van der Waals surface area contributed by atoms with Crippen molar-refractivity contribution in [1.29, 1.82) is 0 Å². The summed E-state index contributed by atoms with van der Waals surface area (Å²) < 4.78 is 7.44. The molecule has 3 rings (SSSR count). The highest BCUT2D eigenvalue weighted by atomic mass is 16.5. The fraction of sp³-hybridized carbons (Fsp3) is 0.333. The van der Waals surface area contributed by atoms with Crippen LogP contribution in [0.25, 0.3) is 0 Å². The van der Waals surface area contributed by atoms with Crippen LogP contribution in [-0.2, 0) is 6.61 Å². The van der Waals surface area contributed by atoms with Crippen molar-refractivity contribution in [1.82, 2.24) is 9.78 Å². The molecule has 0 saturated carbocycles. The Morgan fingerprint density at radius 3 is 2.89 bits per heavy atom. The van der Waals surface area contributed by atoms with Gasteiger partial charge in [-0.15, -0.1) is 5.10 Å². The molecule has 2 aromatic rings. The number of carbonyl (C=O) groups is 1. The van der Waals surface area contributed by atoms with Crippen molar-refractivity contribution in [3.8, 4) is 5.88 Å². The molecule has 0 radical (unpaired) electrons. The van der Waals surface area contributed by atoms with Crippen LogP contribution in [0.4, 0.5) is 0 Å². The predicted molar refractivity (Wildman–Crippen MR) is 71.3 cm³/mol. The Morgan fingerprint density at radius 1 is 1.37 bits per heavy atom. The third kappa shape index (κ3) is 2.38. The van der Waals surface area contributed by atoms with Gasteiger partial charge in [-0.3, -0.25) is 9.48 Å². The average Bonchev–Trinajstić information content (AvgIpc) is 2.87. The van der Waals surface area contributed by atoms with Crippen LogP contribution in [0, 0.1) is 0 Å². The molecule has 98 valence electrons. The maximum absolute atomic E-state index is 11.8. The number of ether oxygens (including phenoxy) is 1. The van der Waals surface area contributed by atoms with Gasteiger partial charge in [-0.05, 0) is 18.9 Å². The number of carbonyl (C=O) groups excluding carboxylic acids is 1. The first kappa shape index (κ1) is 12.0. The first-order chi connectivity index (χ1) is 9.24. The third-order valence-corrected chi connectivity index (χ3v) is 3.44. The van der Waals surface area contributed by atoms with Crippen molar-refractivity contribution < 1.29 is 9.53 Å². The van der Waals surface area contributed by atoms with Crippen LogP contribution in [0.3, 0.4) is 0 Å². The third-order valence-electron chi connectivity index (χ3n) is 3.44. The van der Waals surface area contributed by atoms with Gasteiger partial charge >= 0.3 is 0 Å². The van der Waals surface area contributed by atoms with Gasteiger partial charge in [0.2, 0.25) is 5.88 Å². The zero-order chi connectivity index (χ0) is 13.2. The van der Waals surface area contributed by atoms with Gasteiger partial charge in [0.15, 0.2) is 5.78 Å². The number of nitrogens with zero attached hydrogens (tertiary/aromatic N) is 2. The number of hydrogen-bond donors (Lipinski definition) is 0. The molecular formula is C15H16N2O2. The van der Waals surface area contributed by atoms with E-state index in [-0.39, 0.29) is 11.8 Å². The van der Waals surface area contributed by atoms with E-state index in [0.717, 1.165) is 12.0 Å². The van der Waals surface area contributed by atoms with Crippen molar-refractivity contribution in [2.75, 3.05) is 0 Å². The smallest absolute Gasteiger partial charge is 0.233 e. The summed E-state index contributed by atoms with van der Waals surface area (Å²) in [7, 11) is 0. The van der Waals surface area contributed by atoms with Crippen LogP contribution in [0.5, 0.6) is 5.88 Å². The first-order valence-corrected chi connectivity index (χ1v) is 6.53. The highest BCUT2D eigenvalue weighted by molar-refractivity contribution is 5.95. The minimum atomic E-state index is 0.153. The van der Waals surface area contributed by atoms with Gasteiger partial charge in [0.05, 0.1) is 6.04 Å². The van der Waals surface area contributed by atoms with Crippen LogP contribution >= 0.6 is 0 Å². The van der Waals surface area contributed by atoms with Crippen molar-refractivity contribution >= 4 is 5.78 Å². The monoisotopic (exact) mass is 256 g/mol. The van der Waals surface area contributed by atoms with Gasteiger partial charge in [0.1, 0.15) is 12.3 Å². The van der Waals surface area contributed by atoms with Gasteiger partial charge < -0.3 is 4.74 Å². The molecular weight excluding hydrogens is 240 g/mol. The lowest BCUT2D eigenvalue weighted by Gasteiger charge is -2.19. The van der Waals surface area contributed by atoms with E-state index in [0.29, 0.717) is 24.6 Å². The van der Waals surface area contributed by atoms with E-state index in [1.807, 2.05) is 30.3 Å². The number of hydrogen-bond acceptors (Lipinski definition) is 3. The SMILES string of the molecule is CC1CCC(=O)c2cc(OCc3ccccc3)nn21. The number of Topliss-reactive ketones (excluding diaryl/α,β-unsaturated/α-hetero) is 1. The van der Waals surface area contributed by atoms with Crippen LogP contribution in [-0.4, -0.2) is 15.6 Å². The lowest BCUT2D eigenvalue weighted by molar-refractivity contribution is 0.0940. The van der Waals surface area contributed by atoms with E-state index in [1.54, 1.807) is 10.7 Å². The summed E-state index contributed by atoms with van der Waals surface area (Å²) >= 11 is 0. The van der Waals surface area contributed by atoms with Gasteiger partial charge in [-0.2, -0.15) is 0 Å². The fourth-order valence-electron chi connectivity index (χ4n) is 2.31. The van der Waals surface area contributed by atoms with Crippen LogP contribution in [0.2, 0.25) is 0 Å². The first-order valence-electron chi connectivity index (χ1n) is 6.53. The van der Waals surface area contributed by atoms with Crippen LogP contribution in [0.15, 0.2) is 36.4 Å². The van der Waals surface area contributed by atoms with E-state index >= 15 is 0 Å². The maximum atomic E-state index is 11.8. The molecule has 19 heavy (non-hydrogen) atoms. The summed E-state index contributed by atoms with van der Waals surface area (Å²) in [5.41, 5.74) is 1.76. The Balaban J connectivity index is 1.76. The van der Waals surface area contributed by atoms with Gasteiger partial charge in [0, 0.05) is 12.5 Å². The second-order valence-corrected chi connectivity index (χ2v) is 4.90. The highest BCUT2D eigenvalue weighted by Crippen LogP contribution is 2.26. The number of rotatable bonds is 3. The second kappa shape index (κ2) is 4.88. The minimum Gasteiger partial charge on any atom is -0.472 e. The average molecular weight is 256 g/mol. The number of ketones is 1. The number of benzene rings is 1. The Bertz CT molecular complexity index is 589. The molecule has 2 heterocycles. The van der Waals surface area contributed by atoms with Gasteiger partial charge in [-0.25, -0.2) is 0 Å². The Morgan fingerprint density at radius 2 is 2.16 bits per heavy atom. The van der Waals surface area contributed by atoms with Crippen molar-refractivity contribution in [2.24, 2.45) is 0 Å². The molecule has 0 aliphatic carbocycles. The molecule has 0 fully saturated rings. The summed E-state index contributed by atoms with van der Waals surface area (Å²) in [6.07, 6.45) is 1.45. The largest absolute Gasteiger partial charge is 0.472 e. The summed E-state index contributed by atoms with van der Waals surface area (Å²) in [6, 6.07) is 11.9. The molecule has 0 amide bonds. The molecule has 0 spiro atoms. The molecule has 1 aromatic carbocycles. The lowest BCUT2D eigenvalue weighted by atomic mass is 10.0. The maximum Gasteiger partial charge on any atom is 0.233 e. The molecule has 4 heteroatoms. The highest BCUT2D eigenvalue weighted by Gasteiger charge is 2.24. The molecule has 1 aliphatic heterocycles. The Labute approximate surface area is 112 Å². The predicted octanol–water partition coefficient (Wildman–Crippen LogP) is 3.00. The van der Waals surface area contributed by atoms with Gasteiger partial charge in [0.25, 0.3) is 0 Å². The van der Waals surface area contributed by atoms with E-state index in [9.17, 15) is 4.79 Å². The second-order valence-electron chi connectivity index (χ2n) is 4.90. The molecule has 0 N–H and O–H groups in total. The van der Waals surface area contributed by atoms with Gasteiger partial charge in [-0.1, -0.05) is 30.3 Å². The molecule has 0 bridgehead atoms. The van der Waals surface area contributed by atoms with Crippen molar-refractivity contribution in [3.05, 3.63) is 47.7 Å². The van der Waals surface area contributed by atoms with E-state index in [1.165, 1.54) is 0 Å². The van der Waals surface area contributed by atoms with Crippen molar-refractivity contribution in [3.63, 3.8) is 0 Å². The molecule has 1 unspecified atom stereocenters. The standard InChI is InChI=1S/C15H16N2O2/c1-11-7-8-14(18)13-9-15(16-17(11)13)19-10-12-5-3-2-4-6-12/h2-6,9,11H,7-8,10H2,1H3. The van der Waals surface area contributed by atoms with Crippen molar-refractivity contribution in [2.45, 2.75) is 32.4 Å². The Kier molecular flexibility index (Phi) is 3.07. The summed E-state index contributed by atoms with van der Waals surface area (Å²) in [5.74, 6) is 0.682. The van der Waals surface area contributed by atoms with E-state index in [2.05, 4.69) is 12.0 Å². The molecule has 1 aromatic heterocycles. The number of aromatic nitrogens is 2. The zero-order valence-corrected chi connectivity index (χ0v) is 10.9. The summed E-state index contributed by atoms with van der Waals surface area (Å²) in [5, 5.41) is 4.37.